The van der Waals surface area contributed by atoms with Gasteiger partial charge in [0, 0.05) is 56.9 Å². The average molecular weight is 280 g/mol. The molecule has 4 heteroatoms. The maximum Gasteiger partial charge on any atom is 0.0278 e. The van der Waals surface area contributed by atoms with E-state index in [0.717, 1.165) is 18.6 Å². The Kier molecular flexibility index (Phi) is 4.37. The zero-order valence-electron chi connectivity index (χ0n) is 13.6. The predicted octanol–water partition coefficient (Wildman–Crippen LogP) is 0.839. The standard InChI is InChI=1S/C16H32N4/c1-16(2,20-11-9-18(3)10-12-20)13-17-14-6-8-19-7-4-5-15(14)19/h14-15,17H,4-13H2,1-3H3. The van der Waals surface area contributed by atoms with E-state index in [2.05, 4.69) is 40.9 Å². The van der Waals surface area contributed by atoms with Gasteiger partial charge in [-0.15, -0.1) is 0 Å². The van der Waals surface area contributed by atoms with Crippen LogP contribution in [0.5, 0.6) is 0 Å². The van der Waals surface area contributed by atoms with Gasteiger partial charge in [-0.2, -0.15) is 0 Å². The lowest BCUT2D eigenvalue weighted by atomic mass is 9.99. The summed E-state index contributed by atoms with van der Waals surface area (Å²) in [7, 11) is 2.23. The van der Waals surface area contributed by atoms with Crippen LogP contribution in [0, 0.1) is 0 Å². The minimum absolute atomic E-state index is 0.285. The zero-order valence-corrected chi connectivity index (χ0v) is 13.6. The van der Waals surface area contributed by atoms with Crippen molar-refractivity contribution in [2.45, 2.75) is 50.7 Å². The Morgan fingerprint density at radius 1 is 1.00 bits per heavy atom. The minimum atomic E-state index is 0.285. The summed E-state index contributed by atoms with van der Waals surface area (Å²) in [5.41, 5.74) is 0.285. The highest BCUT2D eigenvalue weighted by Crippen LogP contribution is 2.28. The van der Waals surface area contributed by atoms with Crippen molar-refractivity contribution in [2.24, 2.45) is 0 Å². The van der Waals surface area contributed by atoms with Gasteiger partial charge in [-0.1, -0.05) is 0 Å². The Balaban J connectivity index is 1.49. The average Bonchev–Trinajstić information content (AvgIpc) is 3.00. The molecule has 3 aliphatic heterocycles. The number of hydrogen-bond acceptors (Lipinski definition) is 4. The van der Waals surface area contributed by atoms with Crippen LogP contribution in [0.25, 0.3) is 0 Å². The highest BCUT2D eigenvalue weighted by atomic mass is 15.3. The van der Waals surface area contributed by atoms with Crippen molar-refractivity contribution >= 4 is 0 Å². The Morgan fingerprint density at radius 3 is 2.50 bits per heavy atom. The van der Waals surface area contributed by atoms with Crippen LogP contribution in [0.4, 0.5) is 0 Å². The van der Waals surface area contributed by atoms with Crippen molar-refractivity contribution in [2.75, 3.05) is 52.9 Å². The van der Waals surface area contributed by atoms with Crippen LogP contribution in [0.2, 0.25) is 0 Å². The normalized spacial score (nSPS) is 33.8. The molecule has 3 aliphatic rings. The number of nitrogens with one attached hydrogen (secondary N) is 1. The van der Waals surface area contributed by atoms with Crippen LogP contribution < -0.4 is 5.32 Å². The van der Waals surface area contributed by atoms with Gasteiger partial charge in [0.1, 0.15) is 0 Å². The van der Waals surface area contributed by atoms with Gasteiger partial charge in [0.2, 0.25) is 0 Å². The molecule has 0 spiro atoms. The molecular formula is C16H32N4. The van der Waals surface area contributed by atoms with E-state index in [1.165, 1.54) is 58.5 Å². The number of hydrogen-bond donors (Lipinski definition) is 1. The molecule has 3 heterocycles. The van der Waals surface area contributed by atoms with Gasteiger partial charge in [0.05, 0.1) is 0 Å². The monoisotopic (exact) mass is 280 g/mol. The summed E-state index contributed by atoms with van der Waals surface area (Å²) >= 11 is 0. The third-order valence-corrected chi connectivity index (χ3v) is 5.76. The molecule has 3 saturated heterocycles. The lowest BCUT2D eigenvalue weighted by Crippen LogP contribution is -2.58. The topological polar surface area (TPSA) is 21.8 Å². The highest BCUT2D eigenvalue weighted by Gasteiger charge is 2.38. The van der Waals surface area contributed by atoms with Gasteiger partial charge in [0.25, 0.3) is 0 Å². The first-order valence-corrected chi connectivity index (χ1v) is 8.47. The molecule has 2 atom stereocenters. The minimum Gasteiger partial charge on any atom is -0.311 e. The third-order valence-electron chi connectivity index (χ3n) is 5.76. The lowest BCUT2D eigenvalue weighted by molar-refractivity contribution is 0.0594. The molecular weight excluding hydrogens is 248 g/mol. The number of rotatable bonds is 4. The molecule has 0 aromatic carbocycles. The van der Waals surface area contributed by atoms with Crippen molar-refractivity contribution in [3.8, 4) is 0 Å². The molecule has 0 aliphatic carbocycles. The van der Waals surface area contributed by atoms with E-state index in [1.807, 2.05) is 0 Å². The summed E-state index contributed by atoms with van der Waals surface area (Å²) in [6.07, 6.45) is 4.17. The molecule has 1 N–H and O–H groups in total. The van der Waals surface area contributed by atoms with Crippen molar-refractivity contribution in [3.63, 3.8) is 0 Å². The second-order valence-corrected chi connectivity index (χ2v) is 7.62. The predicted molar refractivity (Wildman–Crippen MR) is 84.2 cm³/mol. The fourth-order valence-corrected chi connectivity index (χ4v) is 4.23. The van der Waals surface area contributed by atoms with Crippen molar-refractivity contribution in [1.82, 2.24) is 20.0 Å². The number of fused-ring (bicyclic) bond motifs is 1. The molecule has 20 heavy (non-hydrogen) atoms. The van der Waals surface area contributed by atoms with E-state index < -0.39 is 0 Å². The van der Waals surface area contributed by atoms with Crippen LogP contribution in [-0.4, -0.2) is 85.2 Å². The molecule has 0 radical (unpaired) electrons. The van der Waals surface area contributed by atoms with Crippen LogP contribution in [0.15, 0.2) is 0 Å². The Hall–Kier alpha value is -0.160. The molecule has 0 amide bonds. The SMILES string of the molecule is CN1CCN(C(C)(C)CNC2CCN3CCCC23)CC1. The Bertz CT molecular complexity index is 322. The molecule has 2 unspecified atom stereocenters. The van der Waals surface area contributed by atoms with Gasteiger partial charge in [-0.3, -0.25) is 9.80 Å². The van der Waals surface area contributed by atoms with E-state index in [4.69, 9.17) is 0 Å². The molecule has 116 valence electrons. The highest BCUT2D eigenvalue weighted by molar-refractivity contribution is 4.97. The molecule has 0 saturated carbocycles. The fraction of sp³-hybridized carbons (Fsp3) is 1.00. The quantitative estimate of drug-likeness (QED) is 0.824. The summed E-state index contributed by atoms with van der Waals surface area (Å²) < 4.78 is 0. The summed E-state index contributed by atoms with van der Waals surface area (Å²) in [4.78, 5) is 7.80. The fourth-order valence-electron chi connectivity index (χ4n) is 4.23. The molecule has 3 rings (SSSR count). The Morgan fingerprint density at radius 2 is 1.75 bits per heavy atom. The van der Waals surface area contributed by atoms with Crippen molar-refractivity contribution in [1.29, 1.82) is 0 Å². The lowest BCUT2D eigenvalue weighted by Gasteiger charge is -2.44. The first-order chi connectivity index (χ1) is 9.56. The van der Waals surface area contributed by atoms with E-state index in [0.29, 0.717) is 0 Å². The first kappa shape index (κ1) is 14.8. The van der Waals surface area contributed by atoms with E-state index >= 15 is 0 Å². The summed E-state index contributed by atoms with van der Waals surface area (Å²) in [6, 6.07) is 1.57. The number of nitrogens with zero attached hydrogens (tertiary/aromatic N) is 3. The smallest absolute Gasteiger partial charge is 0.0278 e. The molecule has 3 fully saturated rings. The summed E-state index contributed by atoms with van der Waals surface area (Å²) in [5, 5.41) is 3.90. The second-order valence-electron chi connectivity index (χ2n) is 7.62. The number of piperazine rings is 1. The van der Waals surface area contributed by atoms with Crippen LogP contribution in [0.1, 0.15) is 33.1 Å². The van der Waals surface area contributed by atoms with Crippen LogP contribution in [0.3, 0.4) is 0 Å². The van der Waals surface area contributed by atoms with Crippen LogP contribution in [-0.2, 0) is 0 Å². The first-order valence-electron chi connectivity index (χ1n) is 8.47. The van der Waals surface area contributed by atoms with E-state index in [-0.39, 0.29) is 5.54 Å². The van der Waals surface area contributed by atoms with Crippen molar-refractivity contribution < 1.29 is 0 Å². The largest absolute Gasteiger partial charge is 0.311 e. The molecule has 0 aromatic heterocycles. The molecule has 4 nitrogen and oxygen atoms in total. The Labute approximate surface area is 124 Å². The van der Waals surface area contributed by atoms with Gasteiger partial charge in [-0.05, 0) is 46.7 Å². The van der Waals surface area contributed by atoms with Gasteiger partial charge in [-0.25, -0.2) is 0 Å². The van der Waals surface area contributed by atoms with Crippen molar-refractivity contribution in [3.05, 3.63) is 0 Å². The van der Waals surface area contributed by atoms with Crippen LogP contribution >= 0.6 is 0 Å². The maximum atomic E-state index is 3.90. The van der Waals surface area contributed by atoms with Gasteiger partial charge < -0.3 is 10.2 Å². The third kappa shape index (κ3) is 3.03. The zero-order chi connectivity index (χ0) is 14.2. The molecule has 0 bridgehead atoms. The summed E-state index contributed by atoms with van der Waals surface area (Å²) in [5.74, 6) is 0. The second kappa shape index (κ2) is 5.91. The number of likely N-dealkylation sites (N-methyl/N-ethyl adjacent to an activating group) is 1. The van der Waals surface area contributed by atoms with E-state index in [1.54, 1.807) is 0 Å². The van der Waals surface area contributed by atoms with Gasteiger partial charge >= 0.3 is 0 Å². The maximum absolute atomic E-state index is 3.90. The molecule has 0 aromatic rings. The van der Waals surface area contributed by atoms with E-state index in [9.17, 15) is 0 Å². The summed E-state index contributed by atoms with van der Waals surface area (Å²) in [6.45, 7) is 13.5. The van der Waals surface area contributed by atoms with Gasteiger partial charge in [0.15, 0.2) is 0 Å².